The van der Waals surface area contributed by atoms with Gasteiger partial charge in [-0.3, -0.25) is 0 Å². The van der Waals surface area contributed by atoms with E-state index in [0.717, 1.165) is 26.1 Å². The fourth-order valence-corrected chi connectivity index (χ4v) is 2.67. The number of anilines is 1. The predicted octanol–water partition coefficient (Wildman–Crippen LogP) is 1.85. The molecule has 0 aromatic heterocycles. The van der Waals surface area contributed by atoms with Crippen molar-refractivity contribution in [2.45, 2.75) is 25.8 Å². The van der Waals surface area contributed by atoms with Crippen LogP contribution in [-0.2, 0) is 0 Å². The quantitative estimate of drug-likeness (QED) is 0.885. The second-order valence-electron chi connectivity index (χ2n) is 5.35. The number of nitrogens with two attached hydrogens (primary N) is 1. The third-order valence-electron chi connectivity index (χ3n) is 3.89. The van der Waals surface area contributed by atoms with Crippen LogP contribution < -0.4 is 10.6 Å². The lowest BCUT2D eigenvalue weighted by molar-refractivity contribution is 0.251. The largest absolute Gasteiger partial charge is 0.370 e. The van der Waals surface area contributed by atoms with Crippen LogP contribution >= 0.6 is 0 Å². The Bertz CT molecular complexity index is 361. The lowest BCUT2D eigenvalue weighted by Crippen LogP contribution is -2.40. The van der Waals surface area contributed by atoms with Gasteiger partial charge >= 0.3 is 0 Å². The van der Waals surface area contributed by atoms with Gasteiger partial charge in [0.15, 0.2) is 0 Å². The summed E-state index contributed by atoms with van der Waals surface area (Å²) in [6.45, 7) is 6.33. The normalized spacial score (nSPS) is 21.9. The Balaban J connectivity index is 2.10. The van der Waals surface area contributed by atoms with E-state index in [2.05, 4.69) is 48.0 Å². The van der Waals surface area contributed by atoms with E-state index in [-0.39, 0.29) is 0 Å². The molecular weight excluding hydrogens is 222 g/mol. The molecule has 1 unspecified atom stereocenters. The Morgan fingerprint density at radius 3 is 2.61 bits per heavy atom. The summed E-state index contributed by atoms with van der Waals surface area (Å²) in [5.41, 5.74) is 8.40. The third kappa shape index (κ3) is 3.24. The van der Waals surface area contributed by atoms with Gasteiger partial charge in [0, 0.05) is 24.8 Å². The SMILES string of the molecule is Cc1ccc(N2CCCN(C)C(CCN)C2)cc1. The third-order valence-corrected chi connectivity index (χ3v) is 3.89. The number of likely N-dealkylation sites (N-methyl/N-ethyl adjacent to an activating group) is 1. The number of nitrogens with zero attached hydrogens (tertiary/aromatic N) is 2. The number of benzene rings is 1. The first-order valence-corrected chi connectivity index (χ1v) is 6.92. The van der Waals surface area contributed by atoms with Crippen molar-refractivity contribution < 1.29 is 0 Å². The summed E-state index contributed by atoms with van der Waals surface area (Å²) >= 11 is 0. The zero-order chi connectivity index (χ0) is 13.0. The van der Waals surface area contributed by atoms with Crippen molar-refractivity contribution in [2.24, 2.45) is 5.73 Å². The average molecular weight is 247 g/mol. The van der Waals surface area contributed by atoms with Gasteiger partial charge in [-0.05, 0) is 52.0 Å². The summed E-state index contributed by atoms with van der Waals surface area (Å²) in [7, 11) is 2.22. The van der Waals surface area contributed by atoms with Crippen LogP contribution in [-0.4, -0.2) is 44.2 Å². The van der Waals surface area contributed by atoms with E-state index in [1.807, 2.05) is 0 Å². The molecule has 1 saturated heterocycles. The highest BCUT2D eigenvalue weighted by atomic mass is 15.2. The zero-order valence-electron chi connectivity index (χ0n) is 11.6. The standard InChI is InChI=1S/C15H25N3/c1-13-4-6-14(7-5-13)18-11-3-10-17(2)15(12-18)8-9-16/h4-7,15H,3,8-12,16H2,1-2H3. The number of rotatable bonds is 3. The second-order valence-corrected chi connectivity index (χ2v) is 5.35. The molecule has 100 valence electrons. The van der Waals surface area contributed by atoms with Crippen molar-refractivity contribution in [1.82, 2.24) is 4.90 Å². The zero-order valence-corrected chi connectivity index (χ0v) is 11.6. The van der Waals surface area contributed by atoms with Crippen LogP contribution in [0.25, 0.3) is 0 Å². The Kier molecular flexibility index (Phi) is 4.61. The van der Waals surface area contributed by atoms with Gasteiger partial charge in [-0.25, -0.2) is 0 Å². The number of hydrogen-bond donors (Lipinski definition) is 1. The first-order valence-electron chi connectivity index (χ1n) is 6.92. The molecule has 0 aliphatic carbocycles. The van der Waals surface area contributed by atoms with E-state index in [1.165, 1.54) is 24.2 Å². The van der Waals surface area contributed by atoms with Crippen molar-refractivity contribution in [3.05, 3.63) is 29.8 Å². The number of aryl methyl sites for hydroxylation is 1. The van der Waals surface area contributed by atoms with Crippen LogP contribution in [0.2, 0.25) is 0 Å². The second kappa shape index (κ2) is 6.21. The number of hydrogen-bond acceptors (Lipinski definition) is 3. The highest BCUT2D eigenvalue weighted by molar-refractivity contribution is 5.47. The van der Waals surface area contributed by atoms with E-state index in [0.29, 0.717) is 6.04 Å². The highest BCUT2D eigenvalue weighted by Crippen LogP contribution is 2.20. The first-order chi connectivity index (χ1) is 8.70. The van der Waals surface area contributed by atoms with Crippen molar-refractivity contribution in [3.63, 3.8) is 0 Å². The minimum atomic E-state index is 0.582. The lowest BCUT2D eigenvalue weighted by atomic mass is 10.1. The molecule has 18 heavy (non-hydrogen) atoms. The molecule has 0 bridgehead atoms. The fourth-order valence-electron chi connectivity index (χ4n) is 2.67. The van der Waals surface area contributed by atoms with Crippen molar-refractivity contribution in [3.8, 4) is 0 Å². The summed E-state index contributed by atoms with van der Waals surface area (Å²) < 4.78 is 0. The maximum atomic E-state index is 5.73. The van der Waals surface area contributed by atoms with Crippen LogP contribution in [0, 0.1) is 6.92 Å². The lowest BCUT2D eigenvalue weighted by Gasteiger charge is -2.30. The maximum Gasteiger partial charge on any atom is 0.0366 e. The molecule has 3 heteroatoms. The molecule has 1 aromatic rings. The Hall–Kier alpha value is -1.06. The smallest absolute Gasteiger partial charge is 0.0366 e. The molecule has 1 aliphatic heterocycles. The molecule has 1 aliphatic rings. The monoisotopic (exact) mass is 247 g/mol. The van der Waals surface area contributed by atoms with Gasteiger partial charge in [-0.1, -0.05) is 17.7 Å². The van der Waals surface area contributed by atoms with Crippen molar-refractivity contribution in [1.29, 1.82) is 0 Å². The average Bonchev–Trinajstić information content (AvgIpc) is 2.54. The molecular formula is C15H25N3. The summed E-state index contributed by atoms with van der Waals surface area (Å²) in [5.74, 6) is 0. The maximum absolute atomic E-state index is 5.73. The van der Waals surface area contributed by atoms with Gasteiger partial charge in [0.2, 0.25) is 0 Å². The first kappa shape index (κ1) is 13.4. The molecule has 0 spiro atoms. The molecule has 2 N–H and O–H groups in total. The van der Waals surface area contributed by atoms with Crippen LogP contribution in [0.4, 0.5) is 5.69 Å². The molecule has 1 fully saturated rings. The van der Waals surface area contributed by atoms with Gasteiger partial charge in [0.25, 0.3) is 0 Å². The van der Waals surface area contributed by atoms with Crippen LogP contribution in [0.5, 0.6) is 0 Å². The molecule has 1 atom stereocenters. The van der Waals surface area contributed by atoms with Crippen LogP contribution in [0.15, 0.2) is 24.3 Å². The predicted molar refractivity (Wildman–Crippen MR) is 78.1 cm³/mol. The van der Waals surface area contributed by atoms with E-state index < -0.39 is 0 Å². The van der Waals surface area contributed by atoms with E-state index >= 15 is 0 Å². The molecule has 2 rings (SSSR count). The van der Waals surface area contributed by atoms with E-state index in [9.17, 15) is 0 Å². The van der Waals surface area contributed by atoms with E-state index in [4.69, 9.17) is 5.73 Å². The van der Waals surface area contributed by atoms with Crippen molar-refractivity contribution >= 4 is 5.69 Å². The molecule has 0 saturated carbocycles. The topological polar surface area (TPSA) is 32.5 Å². The molecule has 1 heterocycles. The highest BCUT2D eigenvalue weighted by Gasteiger charge is 2.21. The summed E-state index contributed by atoms with van der Waals surface area (Å²) in [6, 6.07) is 9.45. The Labute approximate surface area is 111 Å². The minimum absolute atomic E-state index is 0.582. The molecule has 0 amide bonds. The Morgan fingerprint density at radius 1 is 1.22 bits per heavy atom. The van der Waals surface area contributed by atoms with Gasteiger partial charge in [0.1, 0.15) is 0 Å². The van der Waals surface area contributed by atoms with Gasteiger partial charge in [0.05, 0.1) is 0 Å². The van der Waals surface area contributed by atoms with Gasteiger partial charge < -0.3 is 15.5 Å². The van der Waals surface area contributed by atoms with Crippen LogP contribution in [0.3, 0.4) is 0 Å². The molecule has 0 radical (unpaired) electrons. The summed E-state index contributed by atoms with van der Waals surface area (Å²) in [4.78, 5) is 4.96. The molecule has 3 nitrogen and oxygen atoms in total. The van der Waals surface area contributed by atoms with Gasteiger partial charge in [-0.2, -0.15) is 0 Å². The molecule has 1 aromatic carbocycles. The van der Waals surface area contributed by atoms with Crippen molar-refractivity contribution in [2.75, 3.05) is 38.1 Å². The minimum Gasteiger partial charge on any atom is -0.370 e. The van der Waals surface area contributed by atoms with Crippen LogP contribution in [0.1, 0.15) is 18.4 Å². The summed E-state index contributed by atoms with van der Waals surface area (Å²) in [6.07, 6.45) is 2.31. The summed E-state index contributed by atoms with van der Waals surface area (Å²) in [5, 5.41) is 0. The van der Waals surface area contributed by atoms with E-state index in [1.54, 1.807) is 0 Å². The van der Waals surface area contributed by atoms with Gasteiger partial charge in [-0.15, -0.1) is 0 Å². The fraction of sp³-hybridized carbons (Fsp3) is 0.600. The Morgan fingerprint density at radius 2 is 1.94 bits per heavy atom.